The summed E-state index contributed by atoms with van der Waals surface area (Å²) in [5.74, 6) is 1.68. The summed E-state index contributed by atoms with van der Waals surface area (Å²) >= 11 is 0. The number of rotatable bonds is 7. The molecule has 0 aromatic rings. The zero-order chi connectivity index (χ0) is 10.1. The Morgan fingerprint density at radius 1 is 1.15 bits per heavy atom. The van der Waals surface area contributed by atoms with E-state index in [1.807, 2.05) is 0 Å². The first-order valence-electron chi connectivity index (χ1n) is 5.89. The van der Waals surface area contributed by atoms with Crippen LogP contribution in [0.4, 0.5) is 0 Å². The van der Waals surface area contributed by atoms with Gasteiger partial charge in [0.2, 0.25) is 0 Å². The summed E-state index contributed by atoms with van der Waals surface area (Å²) in [5, 5.41) is 0. The molecule has 0 aromatic heterocycles. The summed E-state index contributed by atoms with van der Waals surface area (Å²) < 4.78 is 0. The van der Waals surface area contributed by atoms with Crippen LogP contribution in [0.1, 0.15) is 59.8 Å². The number of hydrogen-bond donors (Lipinski definition) is 0. The van der Waals surface area contributed by atoms with E-state index in [2.05, 4.69) is 39.8 Å². The van der Waals surface area contributed by atoms with Gasteiger partial charge in [-0.15, -0.1) is 0 Å². The molecule has 2 atom stereocenters. The first-order chi connectivity index (χ1) is 6.26. The van der Waals surface area contributed by atoms with E-state index in [0.29, 0.717) is 0 Å². The van der Waals surface area contributed by atoms with E-state index in [0.717, 1.165) is 11.8 Å². The quantitative estimate of drug-likeness (QED) is 0.392. The Morgan fingerprint density at radius 2 is 1.85 bits per heavy atom. The van der Waals surface area contributed by atoms with Crippen LogP contribution in [0.2, 0.25) is 0 Å². The molecule has 0 saturated carbocycles. The van der Waals surface area contributed by atoms with Crippen LogP contribution in [-0.2, 0) is 0 Å². The lowest BCUT2D eigenvalue weighted by Gasteiger charge is -2.19. The Bertz CT molecular complexity index is 124. The fraction of sp³-hybridized carbons (Fsp3) is 0.846. The molecule has 0 aromatic carbocycles. The summed E-state index contributed by atoms with van der Waals surface area (Å²) in [6.45, 7) is 9.08. The van der Waals surface area contributed by atoms with Gasteiger partial charge in [-0.1, -0.05) is 58.6 Å². The van der Waals surface area contributed by atoms with Crippen LogP contribution >= 0.6 is 0 Å². The van der Waals surface area contributed by atoms with Gasteiger partial charge in [-0.05, 0) is 25.2 Å². The van der Waals surface area contributed by atoms with Crippen LogP contribution < -0.4 is 0 Å². The van der Waals surface area contributed by atoms with E-state index in [1.54, 1.807) is 0 Å². The molecule has 0 rings (SSSR count). The van der Waals surface area contributed by atoms with Gasteiger partial charge in [0.25, 0.3) is 0 Å². The predicted molar refractivity (Wildman–Crippen MR) is 61.9 cm³/mol. The second-order valence-electron chi connectivity index (χ2n) is 4.07. The van der Waals surface area contributed by atoms with Crippen molar-refractivity contribution in [3.05, 3.63) is 12.2 Å². The molecule has 13 heavy (non-hydrogen) atoms. The topological polar surface area (TPSA) is 0 Å². The molecular formula is C13H26. The molecule has 0 nitrogen and oxygen atoms in total. The van der Waals surface area contributed by atoms with E-state index in [9.17, 15) is 0 Å². The minimum atomic E-state index is 0.807. The minimum absolute atomic E-state index is 0.807. The van der Waals surface area contributed by atoms with Crippen molar-refractivity contribution < 1.29 is 0 Å². The molecule has 0 heterocycles. The largest absolute Gasteiger partial charge is 0.0914 e. The molecule has 2 unspecified atom stereocenters. The summed E-state index contributed by atoms with van der Waals surface area (Å²) in [6, 6.07) is 0. The number of allylic oxidation sites excluding steroid dienone is 2. The van der Waals surface area contributed by atoms with Gasteiger partial charge in [-0.2, -0.15) is 0 Å². The maximum atomic E-state index is 2.39. The van der Waals surface area contributed by atoms with Crippen LogP contribution in [0, 0.1) is 11.8 Å². The molecule has 0 bridgehead atoms. The van der Waals surface area contributed by atoms with Gasteiger partial charge in [-0.3, -0.25) is 0 Å². The lowest BCUT2D eigenvalue weighted by atomic mass is 9.87. The highest BCUT2D eigenvalue weighted by Crippen LogP contribution is 2.22. The minimum Gasteiger partial charge on any atom is -0.0914 e. The van der Waals surface area contributed by atoms with E-state index in [-0.39, 0.29) is 0 Å². The highest BCUT2D eigenvalue weighted by molar-refractivity contribution is 4.87. The molecule has 0 amide bonds. The summed E-state index contributed by atoms with van der Waals surface area (Å²) in [7, 11) is 0. The maximum absolute atomic E-state index is 2.39. The third-order valence-electron chi connectivity index (χ3n) is 2.90. The third-order valence-corrected chi connectivity index (χ3v) is 2.90. The van der Waals surface area contributed by atoms with Crippen molar-refractivity contribution in [2.24, 2.45) is 11.8 Å². The third kappa shape index (κ3) is 5.90. The Balaban J connectivity index is 3.70. The van der Waals surface area contributed by atoms with Crippen molar-refractivity contribution in [2.75, 3.05) is 0 Å². The second-order valence-corrected chi connectivity index (χ2v) is 4.07. The first kappa shape index (κ1) is 12.7. The lowest BCUT2D eigenvalue weighted by Crippen LogP contribution is -2.08. The zero-order valence-electron chi connectivity index (χ0n) is 9.84. The van der Waals surface area contributed by atoms with Crippen molar-refractivity contribution in [3.63, 3.8) is 0 Å². The molecule has 0 aliphatic heterocycles. The molecule has 0 spiro atoms. The molecule has 0 aliphatic rings. The fourth-order valence-corrected chi connectivity index (χ4v) is 1.91. The van der Waals surface area contributed by atoms with Crippen molar-refractivity contribution in [3.8, 4) is 0 Å². The lowest BCUT2D eigenvalue weighted by molar-refractivity contribution is 0.377. The number of unbranched alkanes of at least 4 members (excludes halogenated alkanes) is 2. The van der Waals surface area contributed by atoms with Gasteiger partial charge in [0.05, 0.1) is 0 Å². The van der Waals surface area contributed by atoms with Gasteiger partial charge in [-0.25, -0.2) is 0 Å². The van der Waals surface area contributed by atoms with Gasteiger partial charge >= 0.3 is 0 Å². The highest BCUT2D eigenvalue weighted by Gasteiger charge is 2.10. The number of hydrogen-bond acceptors (Lipinski definition) is 0. The van der Waals surface area contributed by atoms with Gasteiger partial charge in [0.15, 0.2) is 0 Å². The van der Waals surface area contributed by atoms with Gasteiger partial charge in [0.1, 0.15) is 0 Å². The summed E-state index contributed by atoms with van der Waals surface area (Å²) in [4.78, 5) is 0. The van der Waals surface area contributed by atoms with Crippen molar-refractivity contribution in [1.82, 2.24) is 0 Å². The molecule has 0 fully saturated rings. The SMILES string of the molecule is CC=CC(CC)C(C)CCCCC. The molecule has 0 radical (unpaired) electrons. The van der Waals surface area contributed by atoms with Crippen LogP contribution in [0.25, 0.3) is 0 Å². The van der Waals surface area contributed by atoms with Crippen molar-refractivity contribution in [2.45, 2.75) is 59.8 Å². The standard InChI is InChI=1S/C13H26/c1-5-8-9-11-12(4)13(7-3)10-6-2/h6,10,12-13H,5,7-9,11H2,1-4H3. The van der Waals surface area contributed by atoms with E-state index in [4.69, 9.17) is 0 Å². The van der Waals surface area contributed by atoms with E-state index < -0.39 is 0 Å². The Morgan fingerprint density at radius 3 is 2.31 bits per heavy atom. The fourth-order valence-electron chi connectivity index (χ4n) is 1.91. The van der Waals surface area contributed by atoms with Crippen molar-refractivity contribution in [1.29, 1.82) is 0 Å². The van der Waals surface area contributed by atoms with Crippen LogP contribution in [-0.4, -0.2) is 0 Å². The Kier molecular flexibility index (Phi) is 8.18. The molecule has 0 N–H and O–H groups in total. The van der Waals surface area contributed by atoms with Crippen molar-refractivity contribution >= 4 is 0 Å². The summed E-state index contributed by atoms with van der Waals surface area (Å²) in [5.41, 5.74) is 0. The first-order valence-corrected chi connectivity index (χ1v) is 5.89. The van der Waals surface area contributed by atoms with Crippen LogP contribution in [0.3, 0.4) is 0 Å². The van der Waals surface area contributed by atoms with Gasteiger partial charge < -0.3 is 0 Å². The average Bonchev–Trinajstić information content (AvgIpc) is 2.14. The Hall–Kier alpha value is -0.260. The molecule has 0 aliphatic carbocycles. The predicted octanol–water partition coefficient (Wildman–Crippen LogP) is 4.81. The Labute approximate surface area is 84.4 Å². The second kappa shape index (κ2) is 8.34. The highest BCUT2D eigenvalue weighted by atomic mass is 14.2. The maximum Gasteiger partial charge on any atom is -0.0210 e. The molecule has 78 valence electrons. The van der Waals surface area contributed by atoms with E-state index in [1.165, 1.54) is 32.1 Å². The molecular weight excluding hydrogens is 156 g/mol. The molecule has 0 heteroatoms. The van der Waals surface area contributed by atoms with Gasteiger partial charge in [0, 0.05) is 0 Å². The normalized spacial score (nSPS) is 16.3. The van der Waals surface area contributed by atoms with Crippen LogP contribution in [0.5, 0.6) is 0 Å². The van der Waals surface area contributed by atoms with E-state index >= 15 is 0 Å². The molecule has 0 saturated heterocycles. The zero-order valence-corrected chi connectivity index (χ0v) is 9.84. The summed E-state index contributed by atoms with van der Waals surface area (Å²) in [6.07, 6.45) is 11.4. The average molecular weight is 182 g/mol. The van der Waals surface area contributed by atoms with Crippen LogP contribution in [0.15, 0.2) is 12.2 Å². The monoisotopic (exact) mass is 182 g/mol. The smallest absolute Gasteiger partial charge is 0.0210 e.